The lowest BCUT2D eigenvalue weighted by molar-refractivity contribution is 0.0926. The van der Waals surface area contributed by atoms with E-state index in [-0.39, 0.29) is 17.4 Å². The topological polar surface area (TPSA) is 59.6 Å². The molecule has 0 bridgehead atoms. The van der Waals surface area contributed by atoms with E-state index in [0.29, 0.717) is 23.6 Å². The van der Waals surface area contributed by atoms with Crippen LogP contribution in [0.5, 0.6) is 11.5 Å². The van der Waals surface area contributed by atoms with E-state index >= 15 is 0 Å². The number of hydrogen-bond acceptors (Lipinski definition) is 4. The predicted molar refractivity (Wildman–Crippen MR) is 86.7 cm³/mol. The molecule has 1 fully saturated rings. The Balaban J connectivity index is 2.03. The van der Waals surface area contributed by atoms with Crippen LogP contribution in [0, 0.1) is 5.41 Å². The Hall–Kier alpha value is -1.75. The average Bonchev–Trinajstić information content (AvgIpc) is 2.52. The summed E-state index contributed by atoms with van der Waals surface area (Å²) in [6, 6.07) is 5.50. The number of amides is 1. The average molecular weight is 306 g/mol. The molecule has 0 spiro atoms. The Morgan fingerprint density at radius 2 is 2.14 bits per heavy atom. The summed E-state index contributed by atoms with van der Waals surface area (Å²) in [6.07, 6.45) is 2.36. The van der Waals surface area contributed by atoms with Gasteiger partial charge in [-0.05, 0) is 36.9 Å². The summed E-state index contributed by atoms with van der Waals surface area (Å²) in [4.78, 5) is 12.4. The molecule has 0 radical (unpaired) electrons. The van der Waals surface area contributed by atoms with Crippen LogP contribution in [-0.4, -0.2) is 39.3 Å². The third-order valence-electron chi connectivity index (χ3n) is 4.45. The monoisotopic (exact) mass is 306 g/mol. The lowest BCUT2D eigenvalue weighted by Crippen LogP contribution is -2.52. The highest BCUT2D eigenvalue weighted by Gasteiger charge is 2.32. The molecule has 2 N–H and O–H groups in total. The zero-order chi connectivity index (χ0) is 16.2. The molecule has 1 amide bonds. The summed E-state index contributed by atoms with van der Waals surface area (Å²) in [5.41, 5.74) is 0.715. The van der Waals surface area contributed by atoms with Gasteiger partial charge < -0.3 is 20.1 Å². The summed E-state index contributed by atoms with van der Waals surface area (Å²) in [6.45, 7) is 6.10. The van der Waals surface area contributed by atoms with E-state index in [0.717, 1.165) is 6.54 Å². The molecule has 0 aromatic heterocycles. The Morgan fingerprint density at radius 3 is 2.77 bits per heavy atom. The van der Waals surface area contributed by atoms with Crippen LogP contribution >= 0.6 is 0 Å². The van der Waals surface area contributed by atoms with Crippen LogP contribution in [0.25, 0.3) is 0 Å². The molecule has 1 atom stereocenters. The number of carbonyl (C=O) groups excluding carboxylic acids is 1. The lowest BCUT2D eigenvalue weighted by atomic mass is 9.77. The van der Waals surface area contributed by atoms with E-state index < -0.39 is 0 Å². The minimum absolute atomic E-state index is 0.123. The number of carbonyl (C=O) groups is 1. The smallest absolute Gasteiger partial charge is 0.255 e. The summed E-state index contributed by atoms with van der Waals surface area (Å²) in [7, 11) is 3.14. The number of benzene rings is 1. The fourth-order valence-electron chi connectivity index (χ4n) is 2.90. The lowest BCUT2D eigenvalue weighted by Gasteiger charge is -2.39. The molecule has 1 aliphatic rings. The second-order valence-electron chi connectivity index (χ2n) is 6.38. The molecule has 1 aliphatic heterocycles. The Bertz CT molecular complexity index is 529. The third-order valence-corrected chi connectivity index (χ3v) is 4.45. The molecule has 1 aromatic carbocycles. The molecule has 1 unspecified atom stereocenters. The first kappa shape index (κ1) is 16.6. The molecule has 122 valence electrons. The summed E-state index contributed by atoms with van der Waals surface area (Å²) >= 11 is 0. The fourth-order valence-corrected chi connectivity index (χ4v) is 2.90. The highest BCUT2D eigenvalue weighted by Crippen LogP contribution is 2.30. The number of ether oxygens (including phenoxy) is 2. The first-order valence-electron chi connectivity index (χ1n) is 7.71. The third kappa shape index (κ3) is 3.71. The van der Waals surface area contributed by atoms with Gasteiger partial charge in [0.25, 0.3) is 5.91 Å². The van der Waals surface area contributed by atoms with Gasteiger partial charge in [-0.3, -0.25) is 4.79 Å². The van der Waals surface area contributed by atoms with E-state index in [1.54, 1.807) is 32.4 Å². The second kappa shape index (κ2) is 7.01. The van der Waals surface area contributed by atoms with Crippen LogP contribution in [0.1, 0.15) is 37.0 Å². The van der Waals surface area contributed by atoms with Crippen molar-refractivity contribution in [2.45, 2.75) is 32.7 Å². The zero-order valence-electron chi connectivity index (χ0n) is 13.9. The molecule has 5 nitrogen and oxygen atoms in total. The minimum Gasteiger partial charge on any atom is -0.497 e. The van der Waals surface area contributed by atoms with Crippen molar-refractivity contribution in [2.24, 2.45) is 5.41 Å². The van der Waals surface area contributed by atoms with Crippen molar-refractivity contribution >= 4 is 5.91 Å². The molecule has 0 saturated carbocycles. The normalized spacial score (nSPS) is 20.3. The number of nitrogens with one attached hydrogen (secondary N) is 2. The van der Waals surface area contributed by atoms with Crippen molar-refractivity contribution in [3.8, 4) is 11.5 Å². The fraction of sp³-hybridized carbons (Fsp3) is 0.588. The van der Waals surface area contributed by atoms with Gasteiger partial charge in [-0.25, -0.2) is 0 Å². The Kier molecular flexibility index (Phi) is 5.29. The quantitative estimate of drug-likeness (QED) is 0.875. The first-order valence-corrected chi connectivity index (χ1v) is 7.71. The van der Waals surface area contributed by atoms with Crippen molar-refractivity contribution in [1.29, 1.82) is 0 Å². The molecule has 1 saturated heterocycles. The predicted octanol–water partition coefficient (Wildman–Crippen LogP) is 2.21. The van der Waals surface area contributed by atoms with E-state index in [1.165, 1.54) is 12.8 Å². The van der Waals surface area contributed by atoms with Crippen molar-refractivity contribution in [1.82, 2.24) is 10.6 Å². The maximum Gasteiger partial charge on any atom is 0.255 e. The van der Waals surface area contributed by atoms with E-state index in [2.05, 4.69) is 24.5 Å². The van der Waals surface area contributed by atoms with Gasteiger partial charge in [0.1, 0.15) is 11.5 Å². The Labute approximate surface area is 132 Å². The number of piperidine rings is 1. The molecule has 5 heteroatoms. The van der Waals surface area contributed by atoms with Crippen molar-refractivity contribution in [3.05, 3.63) is 23.8 Å². The summed E-state index contributed by atoms with van der Waals surface area (Å²) in [5.74, 6) is 1.07. The highest BCUT2D eigenvalue weighted by atomic mass is 16.5. The number of hydrogen-bond donors (Lipinski definition) is 2. The molecular formula is C17H26N2O3. The molecule has 22 heavy (non-hydrogen) atoms. The molecule has 0 aliphatic carbocycles. The van der Waals surface area contributed by atoms with Crippen molar-refractivity contribution < 1.29 is 14.3 Å². The minimum atomic E-state index is -0.123. The van der Waals surface area contributed by atoms with Crippen LogP contribution in [0.3, 0.4) is 0 Å². The van der Waals surface area contributed by atoms with Gasteiger partial charge in [0.15, 0.2) is 0 Å². The number of rotatable bonds is 5. The largest absolute Gasteiger partial charge is 0.497 e. The van der Waals surface area contributed by atoms with E-state index in [1.807, 2.05) is 0 Å². The number of methoxy groups -OCH3 is 2. The molecule has 1 heterocycles. The van der Waals surface area contributed by atoms with Crippen LogP contribution in [0.15, 0.2) is 18.2 Å². The maximum atomic E-state index is 12.4. The van der Waals surface area contributed by atoms with Crippen LogP contribution < -0.4 is 20.1 Å². The van der Waals surface area contributed by atoms with Gasteiger partial charge in [0.05, 0.1) is 19.8 Å². The van der Waals surface area contributed by atoms with Crippen LogP contribution in [-0.2, 0) is 0 Å². The Morgan fingerprint density at radius 1 is 1.36 bits per heavy atom. The maximum absolute atomic E-state index is 12.4. The van der Waals surface area contributed by atoms with E-state index in [4.69, 9.17) is 9.47 Å². The molecule has 2 rings (SSSR count). The van der Waals surface area contributed by atoms with Gasteiger partial charge >= 0.3 is 0 Å². The standard InChI is InChI=1S/C17H26N2O3/c1-17(2)8-5-9-18-15(17)11-19-16(20)13-7-6-12(21-3)10-14(13)22-4/h6-7,10,15,18H,5,8-9,11H2,1-4H3,(H,19,20). The zero-order valence-corrected chi connectivity index (χ0v) is 13.9. The van der Waals surface area contributed by atoms with Gasteiger partial charge in [-0.15, -0.1) is 0 Å². The van der Waals surface area contributed by atoms with Gasteiger partial charge in [-0.2, -0.15) is 0 Å². The van der Waals surface area contributed by atoms with Gasteiger partial charge in [0, 0.05) is 18.7 Å². The molecule has 1 aromatic rings. The van der Waals surface area contributed by atoms with Crippen LogP contribution in [0.4, 0.5) is 0 Å². The second-order valence-corrected chi connectivity index (χ2v) is 6.38. The first-order chi connectivity index (χ1) is 10.5. The van der Waals surface area contributed by atoms with Crippen molar-refractivity contribution in [2.75, 3.05) is 27.3 Å². The van der Waals surface area contributed by atoms with Gasteiger partial charge in [0.2, 0.25) is 0 Å². The SMILES string of the molecule is COc1ccc(C(=O)NCC2NCCCC2(C)C)c(OC)c1. The van der Waals surface area contributed by atoms with Crippen molar-refractivity contribution in [3.63, 3.8) is 0 Å². The summed E-state index contributed by atoms with van der Waals surface area (Å²) in [5, 5.41) is 6.51. The van der Waals surface area contributed by atoms with E-state index in [9.17, 15) is 4.79 Å². The molecular weight excluding hydrogens is 280 g/mol. The van der Waals surface area contributed by atoms with Crippen LogP contribution in [0.2, 0.25) is 0 Å². The van der Waals surface area contributed by atoms with Gasteiger partial charge in [-0.1, -0.05) is 13.8 Å². The highest BCUT2D eigenvalue weighted by molar-refractivity contribution is 5.97. The summed E-state index contributed by atoms with van der Waals surface area (Å²) < 4.78 is 10.4.